The molecule has 9 heteroatoms. The third-order valence-corrected chi connectivity index (χ3v) is 4.77. The van der Waals surface area contributed by atoms with Gasteiger partial charge in [0.25, 0.3) is 5.91 Å². The lowest BCUT2D eigenvalue weighted by atomic mass is 10.1. The first kappa shape index (κ1) is 24.8. The van der Waals surface area contributed by atoms with Gasteiger partial charge in [0.05, 0.1) is 25.3 Å². The van der Waals surface area contributed by atoms with Crippen LogP contribution in [-0.4, -0.2) is 39.3 Å². The van der Waals surface area contributed by atoms with Gasteiger partial charge < -0.3 is 24.3 Å². The minimum atomic E-state index is -0.513. The molecule has 0 aliphatic heterocycles. The van der Waals surface area contributed by atoms with E-state index in [-0.39, 0.29) is 25.3 Å². The van der Waals surface area contributed by atoms with Crippen LogP contribution < -0.4 is 19.5 Å². The third-order valence-electron chi connectivity index (χ3n) is 4.18. The summed E-state index contributed by atoms with van der Waals surface area (Å²) in [7, 11) is 3.02. The predicted octanol–water partition coefficient (Wildman–Crippen LogP) is 3.63. The summed E-state index contributed by atoms with van der Waals surface area (Å²) >= 11 is 3.37. The Morgan fingerprint density at radius 1 is 1.16 bits per heavy atom. The Hall–Kier alpha value is -3.51. The fourth-order valence-corrected chi connectivity index (χ4v) is 3.21. The molecule has 0 radical (unpaired) electrons. The molecule has 2 aromatic carbocycles. The molecule has 0 saturated heterocycles. The number of amides is 1. The molecule has 2 aromatic rings. The number of nitrogens with zero attached hydrogens (tertiary/aromatic N) is 1. The van der Waals surface area contributed by atoms with E-state index in [1.165, 1.54) is 13.2 Å². The molecule has 0 unspecified atom stereocenters. The Labute approximate surface area is 194 Å². The third kappa shape index (κ3) is 7.03. The molecule has 168 valence electrons. The maximum atomic E-state index is 12.5. The summed E-state index contributed by atoms with van der Waals surface area (Å²) in [5.41, 5.74) is 1.32. The Morgan fingerprint density at radius 2 is 1.88 bits per heavy atom. The number of nitrogens with one attached hydrogen (secondary N) is 1. The van der Waals surface area contributed by atoms with Gasteiger partial charge in [-0.3, -0.25) is 4.79 Å². The van der Waals surface area contributed by atoms with Crippen LogP contribution in [0.2, 0.25) is 0 Å². The average molecular weight is 503 g/mol. The highest BCUT2D eigenvalue weighted by molar-refractivity contribution is 9.10. The van der Waals surface area contributed by atoms with Crippen LogP contribution in [0.25, 0.3) is 6.08 Å². The lowest BCUT2D eigenvalue weighted by Crippen LogP contribution is -2.23. The number of methoxy groups -OCH3 is 2. The van der Waals surface area contributed by atoms with Crippen molar-refractivity contribution in [2.75, 3.05) is 27.4 Å². The molecule has 2 rings (SSSR count). The van der Waals surface area contributed by atoms with Gasteiger partial charge >= 0.3 is 5.97 Å². The van der Waals surface area contributed by atoms with E-state index in [1.54, 1.807) is 38.3 Å². The molecule has 0 fully saturated rings. The van der Waals surface area contributed by atoms with E-state index in [2.05, 4.69) is 21.2 Å². The van der Waals surface area contributed by atoms with E-state index >= 15 is 0 Å². The van der Waals surface area contributed by atoms with E-state index < -0.39 is 11.9 Å². The zero-order valence-corrected chi connectivity index (χ0v) is 19.5. The Balaban J connectivity index is 2.14. The Bertz CT molecular complexity index is 1030. The van der Waals surface area contributed by atoms with Crippen LogP contribution in [0, 0.1) is 11.3 Å². The monoisotopic (exact) mass is 502 g/mol. The summed E-state index contributed by atoms with van der Waals surface area (Å²) in [6, 6.07) is 12.4. The Morgan fingerprint density at radius 3 is 2.47 bits per heavy atom. The van der Waals surface area contributed by atoms with Gasteiger partial charge in [-0.2, -0.15) is 5.26 Å². The maximum absolute atomic E-state index is 12.5. The highest BCUT2D eigenvalue weighted by atomic mass is 79.9. The molecular weight excluding hydrogens is 480 g/mol. The highest BCUT2D eigenvalue weighted by Gasteiger charge is 2.15. The average Bonchev–Trinajstić information content (AvgIpc) is 2.80. The molecule has 0 spiro atoms. The van der Waals surface area contributed by atoms with Crippen molar-refractivity contribution in [2.45, 2.75) is 13.5 Å². The first-order valence-electron chi connectivity index (χ1n) is 9.60. The fourth-order valence-electron chi connectivity index (χ4n) is 2.63. The van der Waals surface area contributed by atoms with Crippen molar-refractivity contribution < 1.29 is 28.5 Å². The van der Waals surface area contributed by atoms with Crippen molar-refractivity contribution in [3.63, 3.8) is 0 Å². The van der Waals surface area contributed by atoms with Crippen molar-refractivity contribution in [3.05, 3.63) is 57.6 Å². The first-order chi connectivity index (χ1) is 15.4. The second kappa shape index (κ2) is 12.4. The van der Waals surface area contributed by atoms with Crippen LogP contribution in [0.3, 0.4) is 0 Å². The van der Waals surface area contributed by atoms with Gasteiger partial charge in [0.2, 0.25) is 0 Å². The quantitative estimate of drug-likeness (QED) is 0.300. The number of hydrogen-bond acceptors (Lipinski definition) is 7. The van der Waals surface area contributed by atoms with Crippen LogP contribution >= 0.6 is 15.9 Å². The predicted molar refractivity (Wildman–Crippen MR) is 121 cm³/mol. The van der Waals surface area contributed by atoms with Crippen LogP contribution in [-0.2, 0) is 20.9 Å². The van der Waals surface area contributed by atoms with Gasteiger partial charge in [-0.15, -0.1) is 0 Å². The number of hydrogen-bond donors (Lipinski definition) is 1. The van der Waals surface area contributed by atoms with E-state index in [4.69, 9.17) is 18.9 Å². The summed E-state index contributed by atoms with van der Waals surface area (Å²) in [5.74, 6) is 0.324. The molecule has 0 aliphatic rings. The van der Waals surface area contributed by atoms with Gasteiger partial charge in [0.15, 0.2) is 18.1 Å². The zero-order valence-electron chi connectivity index (χ0n) is 17.9. The number of carbonyl (C=O) groups is 2. The molecule has 1 amide bonds. The molecule has 0 heterocycles. The number of carbonyl (C=O) groups excluding carboxylic acids is 2. The summed E-state index contributed by atoms with van der Waals surface area (Å²) in [6.07, 6.45) is 1.44. The largest absolute Gasteiger partial charge is 0.497 e. The van der Waals surface area contributed by atoms with Crippen molar-refractivity contribution in [2.24, 2.45) is 0 Å². The standard InChI is InChI=1S/C23H23BrN2O6/c1-4-31-21(27)14-32-22-19(24)10-16(11-20(22)30-3)9-17(12-25)23(28)26-13-15-5-7-18(29-2)8-6-15/h5-11H,4,13-14H2,1-3H3,(H,26,28)/b17-9-. The lowest BCUT2D eigenvalue weighted by Gasteiger charge is -2.13. The topological polar surface area (TPSA) is 107 Å². The number of rotatable bonds is 10. The van der Waals surface area contributed by atoms with E-state index in [0.29, 0.717) is 27.3 Å². The molecule has 8 nitrogen and oxygen atoms in total. The molecule has 1 N–H and O–H groups in total. The second-order valence-electron chi connectivity index (χ2n) is 6.33. The molecule has 0 saturated carbocycles. The van der Waals surface area contributed by atoms with Crippen LogP contribution in [0.15, 0.2) is 46.4 Å². The van der Waals surface area contributed by atoms with Gasteiger partial charge in [0.1, 0.15) is 17.4 Å². The van der Waals surface area contributed by atoms with Crippen molar-refractivity contribution in [3.8, 4) is 23.3 Å². The normalized spacial score (nSPS) is 10.7. The summed E-state index contributed by atoms with van der Waals surface area (Å²) in [4.78, 5) is 24.0. The molecule has 0 aliphatic carbocycles. The van der Waals surface area contributed by atoms with E-state index in [1.807, 2.05) is 18.2 Å². The summed E-state index contributed by atoms with van der Waals surface area (Å²) in [5, 5.41) is 12.2. The van der Waals surface area contributed by atoms with Crippen LogP contribution in [0.5, 0.6) is 17.2 Å². The SMILES string of the molecule is CCOC(=O)COc1c(Br)cc(/C=C(/C#N)C(=O)NCc2ccc(OC)cc2)cc1OC. The van der Waals surface area contributed by atoms with Gasteiger partial charge in [-0.05, 0) is 64.3 Å². The van der Waals surface area contributed by atoms with Gasteiger partial charge in [0, 0.05) is 6.54 Å². The second-order valence-corrected chi connectivity index (χ2v) is 7.18. The molecule has 32 heavy (non-hydrogen) atoms. The van der Waals surface area contributed by atoms with Crippen molar-refractivity contribution in [1.82, 2.24) is 5.32 Å². The van der Waals surface area contributed by atoms with Gasteiger partial charge in [-0.25, -0.2) is 4.79 Å². The molecule has 0 atom stereocenters. The Kier molecular flexibility index (Phi) is 9.57. The number of halogens is 1. The maximum Gasteiger partial charge on any atom is 0.344 e. The number of nitriles is 1. The van der Waals surface area contributed by atoms with Crippen LogP contribution in [0.4, 0.5) is 0 Å². The summed E-state index contributed by atoms with van der Waals surface area (Å²) in [6.45, 7) is 1.93. The van der Waals surface area contributed by atoms with E-state index in [9.17, 15) is 14.9 Å². The van der Waals surface area contributed by atoms with Crippen molar-refractivity contribution >= 4 is 33.9 Å². The van der Waals surface area contributed by atoms with E-state index in [0.717, 1.165) is 5.56 Å². The van der Waals surface area contributed by atoms with Crippen LogP contribution in [0.1, 0.15) is 18.1 Å². The minimum Gasteiger partial charge on any atom is -0.497 e. The summed E-state index contributed by atoms with van der Waals surface area (Å²) < 4.78 is 21.3. The molecular formula is C23H23BrN2O6. The first-order valence-corrected chi connectivity index (χ1v) is 10.4. The number of ether oxygens (including phenoxy) is 4. The van der Waals surface area contributed by atoms with Crippen molar-refractivity contribution in [1.29, 1.82) is 5.26 Å². The zero-order chi connectivity index (χ0) is 23.5. The fraction of sp³-hybridized carbons (Fsp3) is 0.261. The highest BCUT2D eigenvalue weighted by Crippen LogP contribution is 2.37. The molecule has 0 aromatic heterocycles. The minimum absolute atomic E-state index is 0.0762. The molecule has 0 bridgehead atoms. The smallest absolute Gasteiger partial charge is 0.344 e. The van der Waals surface area contributed by atoms with Gasteiger partial charge in [-0.1, -0.05) is 12.1 Å². The number of benzene rings is 2. The number of esters is 1. The lowest BCUT2D eigenvalue weighted by molar-refractivity contribution is -0.145.